The number of hydrogen-bond acceptors (Lipinski definition) is 4. The molecule has 0 aliphatic carbocycles. The lowest BCUT2D eigenvalue weighted by atomic mass is 10.1. The standard InChI is InChI=1S/C11H16F2N4O2.ClH/c1-7-10(14-3-5-19-7)11(18)15-9-2-4-17(16-9)6-8(12)13;/h2,4,7-8,10,14H,3,5-6H2,1H3,(H,15,16,18);1H/t7-,10+;/m1./s1. The number of aromatic nitrogens is 2. The molecule has 1 aromatic heterocycles. The minimum atomic E-state index is -2.48. The van der Waals surface area contributed by atoms with Crippen molar-refractivity contribution >= 4 is 24.1 Å². The molecule has 114 valence electrons. The number of rotatable bonds is 4. The maximum Gasteiger partial charge on any atom is 0.257 e. The molecule has 2 atom stereocenters. The van der Waals surface area contributed by atoms with Gasteiger partial charge in [0.1, 0.15) is 12.6 Å². The molecule has 0 saturated carbocycles. The van der Waals surface area contributed by atoms with E-state index in [-0.39, 0.29) is 30.2 Å². The number of nitrogens with zero attached hydrogens (tertiary/aromatic N) is 2. The molecule has 0 aromatic carbocycles. The molecule has 1 aromatic rings. The molecule has 0 bridgehead atoms. The maximum atomic E-state index is 12.2. The van der Waals surface area contributed by atoms with E-state index in [0.717, 1.165) is 4.68 Å². The second-order valence-electron chi connectivity index (χ2n) is 4.31. The Labute approximate surface area is 121 Å². The highest BCUT2D eigenvalue weighted by atomic mass is 35.5. The van der Waals surface area contributed by atoms with Crippen LogP contribution >= 0.6 is 12.4 Å². The monoisotopic (exact) mass is 310 g/mol. The van der Waals surface area contributed by atoms with Gasteiger partial charge in [-0.1, -0.05) is 0 Å². The molecule has 2 N–H and O–H groups in total. The molecule has 1 amide bonds. The van der Waals surface area contributed by atoms with Crippen molar-refractivity contribution in [2.75, 3.05) is 18.5 Å². The Morgan fingerprint density at radius 2 is 2.45 bits per heavy atom. The van der Waals surface area contributed by atoms with Crippen molar-refractivity contribution in [3.8, 4) is 0 Å². The normalized spacial score (nSPS) is 22.4. The van der Waals surface area contributed by atoms with Gasteiger partial charge in [-0.05, 0) is 6.92 Å². The minimum Gasteiger partial charge on any atom is -0.375 e. The lowest BCUT2D eigenvalue weighted by Gasteiger charge is -2.28. The third-order valence-electron chi connectivity index (χ3n) is 2.82. The van der Waals surface area contributed by atoms with E-state index in [4.69, 9.17) is 4.74 Å². The van der Waals surface area contributed by atoms with Gasteiger partial charge in [-0.25, -0.2) is 8.78 Å². The number of amides is 1. The molecule has 1 fully saturated rings. The van der Waals surface area contributed by atoms with E-state index >= 15 is 0 Å². The zero-order valence-corrected chi connectivity index (χ0v) is 11.7. The number of hydrogen-bond donors (Lipinski definition) is 2. The van der Waals surface area contributed by atoms with Crippen LogP contribution in [0.3, 0.4) is 0 Å². The Balaban J connectivity index is 0.00000200. The molecule has 1 aliphatic rings. The van der Waals surface area contributed by atoms with Gasteiger partial charge in [0.2, 0.25) is 5.91 Å². The fourth-order valence-corrected chi connectivity index (χ4v) is 1.90. The summed E-state index contributed by atoms with van der Waals surface area (Å²) >= 11 is 0. The lowest BCUT2D eigenvalue weighted by Crippen LogP contribution is -2.53. The number of ether oxygens (including phenoxy) is 1. The second kappa shape index (κ2) is 7.51. The van der Waals surface area contributed by atoms with Crippen LogP contribution in [0.5, 0.6) is 0 Å². The number of alkyl halides is 2. The third-order valence-corrected chi connectivity index (χ3v) is 2.82. The van der Waals surface area contributed by atoms with Crippen LogP contribution in [-0.4, -0.2) is 47.4 Å². The van der Waals surface area contributed by atoms with Gasteiger partial charge in [-0.15, -0.1) is 12.4 Å². The van der Waals surface area contributed by atoms with Gasteiger partial charge in [0.15, 0.2) is 5.82 Å². The van der Waals surface area contributed by atoms with Crippen molar-refractivity contribution < 1.29 is 18.3 Å². The fourth-order valence-electron chi connectivity index (χ4n) is 1.90. The molecule has 2 rings (SSSR count). The summed E-state index contributed by atoms with van der Waals surface area (Å²) in [6, 6.07) is 1.02. The SMILES string of the molecule is C[C@H]1OCCN[C@@H]1C(=O)Nc1ccn(CC(F)F)n1.Cl. The van der Waals surface area contributed by atoms with Crippen molar-refractivity contribution in [3.05, 3.63) is 12.3 Å². The summed E-state index contributed by atoms with van der Waals surface area (Å²) in [6.07, 6.45) is -1.32. The summed E-state index contributed by atoms with van der Waals surface area (Å²) in [7, 11) is 0. The summed E-state index contributed by atoms with van der Waals surface area (Å²) in [5.41, 5.74) is 0. The zero-order chi connectivity index (χ0) is 13.8. The van der Waals surface area contributed by atoms with E-state index in [1.807, 2.05) is 0 Å². The Bertz CT molecular complexity index is 444. The summed E-state index contributed by atoms with van der Waals surface area (Å²) in [5, 5.41) is 9.46. The summed E-state index contributed by atoms with van der Waals surface area (Å²) in [6.45, 7) is 2.47. The van der Waals surface area contributed by atoms with Crippen LogP contribution in [0.1, 0.15) is 6.92 Å². The molecule has 20 heavy (non-hydrogen) atoms. The zero-order valence-electron chi connectivity index (χ0n) is 10.9. The van der Waals surface area contributed by atoms with Crippen LogP contribution in [0.25, 0.3) is 0 Å². The van der Waals surface area contributed by atoms with Gasteiger partial charge in [-0.2, -0.15) is 5.10 Å². The second-order valence-corrected chi connectivity index (χ2v) is 4.31. The van der Waals surface area contributed by atoms with E-state index < -0.39 is 19.0 Å². The molecular formula is C11H17ClF2N4O2. The number of carbonyl (C=O) groups excluding carboxylic acids is 1. The Morgan fingerprint density at radius 3 is 3.10 bits per heavy atom. The summed E-state index contributed by atoms with van der Waals surface area (Å²) < 4.78 is 30.8. The highest BCUT2D eigenvalue weighted by Crippen LogP contribution is 2.09. The first-order chi connectivity index (χ1) is 9.06. The lowest BCUT2D eigenvalue weighted by molar-refractivity contribution is -0.123. The topological polar surface area (TPSA) is 68.2 Å². The van der Waals surface area contributed by atoms with Crippen LogP contribution < -0.4 is 10.6 Å². The number of nitrogens with one attached hydrogen (secondary N) is 2. The van der Waals surface area contributed by atoms with Crippen LogP contribution in [0.2, 0.25) is 0 Å². The summed E-state index contributed by atoms with van der Waals surface area (Å²) in [5.74, 6) is -0.0280. The molecule has 2 heterocycles. The first-order valence-corrected chi connectivity index (χ1v) is 6.03. The molecule has 0 spiro atoms. The number of anilines is 1. The van der Waals surface area contributed by atoms with Crippen molar-refractivity contribution in [1.29, 1.82) is 0 Å². The Morgan fingerprint density at radius 1 is 1.70 bits per heavy atom. The molecular weight excluding hydrogens is 294 g/mol. The predicted molar refractivity (Wildman–Crippen MR) is 71.3 cm³/mol. The van der Waals surface area contributed by atoms with Gasteiger partial charge in [-0.3, -0.25) is 9.48 Å². The van der Waals surface area contributed by atoms with Crippen molar-refractivity contribution in [1.82, 2.24) is 15.1 Å². The Hall–Kier alpha value is -1.25. The van der Waals surface area contributed by atoms with Gasteiger partial charge < -0.3 is 15.4 Å². The van der Waals surface area contributed by atoms with E-state index in [0.29, 0.717) is 13.2 Å². The maximum absolute atomic E-state index is 12.2. The highest BCUT2D eigenvalue weighted by Gasteiger charge is 2.28. The fraction of sp³-hybridized carbons (Fsp3) is 0.636. The number of morpholine rings is 1. The predicted octanol–water partition coefficient (Wildman–Crippen LogP) is 0.885. The Kier molecular flexibility index (Phi) is 6.31. The average molecular weight is 311 g/mol. The van der Waals surface area contributed by atoms with Crippen molar-refractivity contribution in [3.63, 3.8) is 0 Å². The van der Waals surface area contributed by atoms with Crippen LogP contribution in [0.15, 0.2) is 12.3 Å². The molecule has 6 nitrogen and oxygen atoms in total. The van der Waals surface area contributed by atoms with Crippen molar-refractivity contribution in [2.24, 2.45) is 0 Å². The third kappa shape index (κ3) is 4.39. The van der Waals surface area contributed by atoms with Gasteiger partial charge in [0, 0.05) is 18.8 Å². The molecule has 1 saturated heterocycles. The van der Waals surface area contributed by atoms with Crippen LogP contribution in [0, 0.1) is 0 Å². The van der Waals surface area contributed by atoms with Gasteiger partial charge in [0.25, 0.3) is 6.43 Å². The highest BCUT2D eigenvalue weighted by molar-refractivity contribution is 5.94. The average Bonchev–Trinajstić information content (AvgIpc) is 2.76. The smallest absolute Gasteiger partial charge is 0.257 e. The van der Waals surface area contributed by atoms with Crippen LogP contribution in [-0.2, 0) is 16.1 Å². The number of carbonyl (C=O) groups is 1. The number of halogens is 3. The first-order valence-electron chi connectivity index (χ1n) is 6.03. The van der Waals surface area contributed by atoms with Crippen molar-refractivity contribution in [2.45, 2.75) is 32.0 Å². The van der Waals surface area contributed by atoms with Crippen LogP contribution in [0.4, 0.5) is 14.6 Å². The van der Waals surface area contributed by atoms with E-state index in [9.17, 15) is 13.6 Å². The minimum absolute atomic E-state index is 0. The largest absolute Gasteiger partial charge is 0.375 e. The molecule has 9 heteroatoms. The molecule has 0 unspecified atom stereocenters. The summed E-state index contributed by atoms with van der Waals surface area (Å²) in [4.78, 5) is 12.0. The quantitative estimate of drug-likeness (QED) is 0.866. The first kappa shape index (κ1) is 16.8. The molecule has 1 aliphatic heterocycles. The van der Waals surface area contributed by atoms with E-state index in [1.165, 1.54) is 12.3 Å². The van der Waals surface area contributed by atoms with E-state index in [2.05, 4.69) is 15.7 Å². The van der Waals surface area contributed by atoms with E-state index in [1.54, 1.807) is 6.92 Å². The molecule has 0 radical (unpaired) electrons. The van der Waals surface area contributed by atoms with Gasteiger partial charge >= 0.3 is 0 Å². The van der Waals surface area contributed by atoms with Gasteiger partial charge in [0.05, 0.1) is 12.7 Å².